The van der Waals surface area contributed by atoms with E-state index >= 15 is 0 Å². The van der Waals surface area contributed by atoms with Crippen molar-refractivity contribution >= 4 is 10.0 Å². The smallest absolute Gasteiger partial charge is 0.241 e. The zero-order valence-corrected chi connectivity index (χ0v) is 13.1. The van der Waals surface area contributed by atoms with E-state index in [0.717, 1.165) is 12.6 Å². The molecule has 20 heavy (non-hydrogen) atoms. The van der Waals surface area contributed by atoms with Gasteiger partial charge in [-0.25, -0.2) is 17.5 Å². The summed E-state index contributed by atoms with van der Waals surface area (Å²) in [6.45, 7) is 6.89. The lowest BCUT2D eigenvalue weighted by Crippen LogP contribution is -2.34. The molecule has 0 aliphatic heterocycles. The van der Waals surface area contributed by atoms with Crippen LogP contribution in [0.25, 0.3) is 0 Å². The lowest BCUT2D eigenvalue weighted by atomic mass is 10.2. The lowest BCUT2D eigenvalue weighted by molar-refractivity contribution is 0.527. The Morgan fingerprint density at radius 3 is 2.40 bits per heavy atom. The Bertz CT molecular complexity index is 528. The van der Waals surface area contributed by atoms with Crippen LogP contribution >= 0.6 is 0 Å². The number of rotatable bonds is 8. The van der Waals surface area contributed by atoms with Crippen LogP contribution in [-0.4, -0.2) is 21.0 Å². The minimum Gasteiger partial charge on any atom is -0.313 e. The number of halogens is 1. The summed E-state index contributed by atoms with van der Waals surface area (Å²) in [5.41, 5.74) is 0.576. The van der Waals surface area contributed by atoms with Gasteiger partial charge >= 0.3 is 0 Å². The van der Waals surface area contributed by atoms with E-state index in [0.29, 0.717) is 24.9 Å². The molecule has 0 amide bonds. The molecule has 2 N–H and O–H groups in total. The standard InChI is InChI=1S/C14H23FN2O2S/c1-4-13(5-2)17-20(18,19)14-9-12(15)8-7-11(14)10-16-6-3/h7-9,13,16-17H,4-6,10H2,1-3H3. The van der Waals surface area contributed by atoms with Gasteiger partial charge in [0.05, 0.1) is 4.90 Å². The average Bonchev–Trinajstić information content (AvgIpc) is 2.43. The predicted molar refractivity (Wildman–Crippen MR) is 78.5 cm³/mol. The van der Waals surface area contributed by atoms with E-state index in [-0.39, 0.29) is 10.9 Å². The van der Waals surface area contributed by atoms with E-state index < -0.39 is 15.8 Å². The number of hydrogen-bond acceptors (Lipinski definition) is 3. The molecule has 6 heteroatoms. The molecule has 0 aliphatic rings. The summed E-state index contributed by atoms with van der Waals surface area (Å²) in [6, 6.07) is 3.75. The van der Waals surface area contributed by atoms with Crippen molar-refractivity contribution in [3.63, 3.8) is 0 Å². The molecule has 4 nitrogen and oxygen atoms in total. The van der Waals surface area contributed by atoms with Gasteiger partial charge in [0, 0.05) is 12.6 Å². The molecule has 0 heterocycles. The van der Waals surface area contributed by atoms with E-state index in [2.05, 4.69) is 10.0 Å². The summed E-state index contributed by atoms with van der Waals surface area (Å²) >= 11 is 0. The van der Waals surface area contributed by atoms with E-state index in [1.165, 1.54) is 12.1 Å². The monoisotopic (exact) mass is 302 g/mol. The van der Waals surface area contributed by atoms with Gasteiger partial charge in [-0.2, -0.15) is 0 Å². The molecule has 0 saturated carbocycles. The van der Waals surface area contributed by atoms with Crippen LogP contribution in [0.2, 0.25) is 0 Å². The fourth-order valence-corrected chi connectivity index (χ4v) is 3.57. The minimum absolute atomic E-state index is 0.0188. The molecule has 1 aromatic carbocycles. The van der Waals surface area contributed by atoms with Gasteiger partial charge < -0.3 is 5.32 Å². The molecular formula is C14H23FN2O2S. The van der Waals surface area contributed by atoms with Gasteiger partial charge in [0.2, 0.25) is 10.0 Å². The molecule has 0 unspecified atom stereocenters. The number of nitrogens with one attached hydrogen (secondary N) is 2. The molecule has 0 fully saturated rings. The Labute approximate surface area is 120 Å². The van der Waals surface area contributed by atoms with Crippen LogP contribution in [0.1, 0.15) is 39.2 Å². The van der Waals surface area contributed by atoms with E-state index in [1.807, 2.05) is 20.8 Å². The fraction of sp³-hybridized carbons (Fsp3) is 0.571. The summed E-state index contributed by atoms with van der Waals surface area (Å²) in [4.78, 5) is 0.0188. The Morgan fingerprint density at radius 1 is 1.20 bits per heavy atom. The first-order valence-corrected chi connectivity index (χ1v) is 8.44. The first kappa shape index (κ1) is 17.1. The molecule has 0 bridgehead atoms. The van der Waals surface area contributed by atoms with Crippen LogP contribution in [0, 0.1) is 5.82 Å². The Kier molecular flexibility index (Phi) is 6.58. The SMILES string of the molecule is CCNCc1ccc(F)cc1S(=O)(=O)NC(CC)CC. The van der Waals surface area contributed by atoms with Crippen molar-refractivity contribution in [2.24, 2.45) is 0 Å². The molecule has 1 aromatic rings. The number of hydrogen-bond donors (Lipinski definition) is 2. The molecule has 0 spiro atoms. The highest BCUT2D eigenvalue weighted by molar-refractivity contribution is 7.89. The second-order valence-corrected chi connectivity index (χ2v) is 6.35. The van der Waals surface area contributed by atoms with E-state index in [4.69, 9.17) is 0 Å². The quantitative estimate of drug-likeness (QED) is 0.775. The summed E-state index contributed by atoms with van der Waals surface area (Å²) < 4.78 is 40.8. The first-order valence-electron chi connectivity index (χ1n) is 6.96. The van der Waals surface area contributed by atoms with Crippen LogP contribution in [0.4, 0.5) is 4.39 Å². The maximum absolute atomic E-state index is 13.4. The van der Waals surface area contributed by atoms with Crippen molar-refractivity contribution < 1.29 is 12.8 Å². The van der Waals surface area contributed by atoms with Crippen LogP contribution in [0.15, 0.2) is 23.1 Å². The van der Waals surface area contributed by atoms with Gasteiger partial charge in [-0.1, -0.05) is 26.8 Å². The second kappa shape index (κ2) is 7.71. The maximum Gasteiger partial charge on any atom is 0.241 e. The molecule has 0 aliphatic carbocycles. The van der Waals surface area contributed by atoms with Crippen LogP contribution in [-0.2, 0) is 16.6 Å². The Hall–Kier alpha value is -0.980. The molecule has 0 aromatic heterocycles. The third-order valence-corrected chi connectivity index (χ3v) is 4.79. The maximum atomic E-state index is 13.4. The Morgan fingerprint density at radius 2 is 1.85 bits per heavy atom. The average molecular weight is 302 g/mol. The zero-order valence-electron chi connectivity index (χ0n) is 12.2. The van der Waals surface area contributed by atoms with Crippen molar-refractivity contribution in [2.75, 3.05) is 6.54 Å². The van der Waals surface area contributed by atoms with Crippen molar-refractivity contribution in [2.45, 2.75) is 51.1 Å². The minimum atomic E-state index is -3.70. The molecule has 0 saturated heterocycles. The summed E-state index contributed by atoms with van der Waals surface area (Å²) in [5, 5.41) is 3.06. The highest BCUT2D eigenvalue weighted by Crippen LogP contribution is 2.18. The molecule has 1 rings (SSSR count). The predicted octanol–water partition coefficient (Wildman–Crippen LogP) is 2.40. The summed E-state index contributed by atoms with van der Waals surface area (Å²) in [6.07, 6.45) is 1.40. The largest absolute Gasteiger partial charge is 0.313 e. The zero-order chi connectivity index (χ0) is 15.2. The third-order valence-electron chi connectivity index (χ3n) is 3.19. The molecule has 114 valence electrons. The summed E-state index contributed by atoms with van der Waals surface area (Å²) in [7, 11) is -3.70. The van der Waals surface area contributed by atoms with Gasteiger partial charge in [0.25, 0.3) is 0 Å². The molecule has 0 radical (unpaired) electrons. The summed E-state index contributed by atoms with van der Waals surface area (Å²) in [5.74, 6) is -0.546. The molecular weight excluding hydrogens is 279 g/mol. The highest BCUT2D eigenvalue weighted by Gasteiger charge is 2.21. The topological polar surface area (TPSA) is 58.2 Å². The van der Waals surface area contributed by atoms with E-state index in [9.17, 15) is 12.8 Å². The van der Waals surface area contributed by atoms with Crippen molar-refractivity contribution in [1.82, 2.24) is 10.0 Å². The van der Waals surface area contributed by atoms with Crippen LogP contribution in [0.5, 0.6) is 0 Å². The van der Waals surface area contributed by atoms with Crippen LogP contribution < -0.4 is 10.0 Å². The number of sulfonamides is 1. The van der Waals surface area contributed by atoms with Crippen molar-refractivity contribution in [3.8, 4) is 0 Å². The Balaban J connectivity index is 3.11. The van der Waals surface area contributed by atoms with Crippen molar-refractivity contribution in [1.29, 1.82) is 0 Å². The number of benzene rings is 1. The fourth-order valence-electron chi connectivity index (χ4n) is 1.92. The van der Waals surface area contributed by atoms with Crippen LogP contribution in [0.3, 0.4) is 0 Å². The van der Waals surface area contributed by atoms with E-state index in [1.54, 1.807) is 0 Å². The van der Waals surface area contributed by atoms with Gasteiger partial charge in [-0.3, -0.25) is 0 Å². The molecule has 0 atom stereocenters. The normalized spacial score (nSPS) is 12.1. The third kappa shape index (κ3) is 4.54. The highest BCUT2D eigenvalue weighted by atomic mass is 32.2. The lowest BCUT2D eigenvalue weighted by Gasteiger charge is -2.17. The van der Waals surface area contributed by atoms with Gasteiger partial charge in [0.15, 0.2) is 0 Å². The van der Waals surface area contributed by atoms with Gasteiger partial charge in [-0.15, -0.1) is 0 Å². The second-order valence-electron chi connectivity index (χ2n) is 4.67. The van der Waals surface area contributed by atoms with Crippen molar-refractivity contribution in [3.05, 3.63) is 29.6 Å². The van der Waals surface area contributed by atoms with Gasteiger partial charge in [0.1, 0.15) is 5.82 Å². The first-order chi connectivity index (χ1) is 9.44. The van der Waals surface area contributed by atoms with Gasteiger partial charge in [-0.05, 0) is 37.1 Å².